The normalized spacial score (nSPS) is 19.4. The summed E-state index contributed by atoms with van der Waals surface area (Å²) in [5.74, 6) is 0.0684. The smallest absolute Gasteiger partial charge is 0.238 e. The molecule has 1 saturated heterocycles. The third-order valence-electron chi connectivity index (χ3n) is 3.89. The van der Waals surface area contributed by atoms with E-state index >= 15 is 0 Å². The molecule has 5 nitrogen and oxygen atoms in total. The second kappa shape index (κ2) is 6.35. The van der Waals surface area contributed by atoms with Gasteiger partial charge in [0.1, 0.15) is 0 Å². The average Bonchev–Trinajstić information content (AvgIpc) is 2.48. The van der Waals surface area contributed by atoms with Crippen LogP contribution in [0.15, 0.2) is 18.2 Å². The van der Waals surface area contributed by atoms with Crippen LogP contribution in [0.3, 0.4) is 0 Å². The summed E-state index contributed by atoms with van der Waals surface area (Å²) in [4.78, 5) is 14.3. The number of carbonyl (C=O) groups is 1. The third-order valence-corrected chi connectivity index (χ3v) is 3.89. The second-order valence-electron chi connectivity index (χ2n) is 5.31. The predicted octanol–water partition coefficient (Wildman–Crippen LogP) is 0.603. The number of ether oxygens (including phenoxy) is 1. The van der Waals surface area contributed by atoms with Crippen molar-refractivity contribution >= 4 is 11.6 Å². The van der Waals surface area contributed by atoms with Gasteiger partial charge in [0.25, 0.3) is 0 Å². The SMILES string of the molecule is O=C(CN1CCOCC1)Nc1cccc2c1CCNC2. The largest absolute Gasteiger partial charge is 0.379 e. The van der Waals surface area contributed by atoms with Gasteiger partial charge in [0, 0.05) is 25.3 Å². The molecule has 0 unspecified atom stereocenters. The van der Waals surface area contributed by atoms with E-state index < -0.39 is 0 Å². The average molecular weight is 275 g/mol. The van der Waals surface area contributed by atoms with Crippen molar-refractivity contribution in [1.29, 1.82) is 0 Å². The molecule has 1 amide bonds. The zero-order valence-corrected chi connectivity index (χ0v) is 11.7. The van der Waals surface area contributed by atoms with Crippen LogP contribution in [0.25, 0.3) is 0 Å². The molecule has 5 heteroatoms. The quantitative estimate of drug-likeness (QED) is 0.848. The fourth-order valence-corrected chi connectivity index (χ4v) is 2.80. The number of anilines is 1. The number of benzene rings is 1. The number of morpholine rings is 1. The molecule has 0 saturated carbocycles. The highest BCUT2D eigenvalue weighted by molar-refractivity contribution is 5.93. The number of nitrogens with zero attached hydrogens (tertiary/aromatic N) is 1. The van der Waals surface area contributed by atoms with Crippen LogP contribution < -0.4 is 10.6 Å². The van der Waals surface area contributed by atoms with Crippen LogP contribution in [0.1, 0.15) is 11.1 Å². The molecule has 2 heterocycles. The zero-order chi connectivity index (χ0) is 13.8. The summed E-state index contributed by atoms with van der Waals surface area (Å²) < 4.78 is 5.29. The Hall–Kier alpha value is -1.43. The molecule has 2 N–H and O–H groups in total. The van der Waals surface area contributed by atoms with Crippen molar-refractivity contribution in [3.05, 3.63) is 29.3 Å². The lowest BCUT2D eigenvalue weighted by atomic mass is 9.99. The Morgan fingerprint density at radius 2 is 2.20 bits per heavy atom. The first-order valence-corrected chi connectivity index (χ1v) is 7.24. The number of nitrogens with one attached hydrogen (secondary N) is 2. The van der Waals surface area contributed by atoms with Crippen molar-refractivity contribution < 1.29 is 9.53 Å². The Bertz CT molecular complexity index is 484. The van der Waals surface area contributed by atoms with E-state index in [-0.39, 0.29) is 5.91 Å². The highest BCUT2D eigenvalue weighted by atomic mass is 16.5. The first-order valence-electron chi connectivity index (χ1n) is 7.24. The zero-order valence-electron chi connectivity index (χ0n) is 11.7. The summed E-state index contributed by atoms with van der Waals surface area (Å²) >= 11 is 0. The standard InChI is InChI=1S/C15H21N3O2/c19-15(11-18-6-8-20-9-7-18)17-14-3-1-2-12-10-16-5-4-13(12)14/h1-3,16H,4-11H2,(H,17,19). The van der Waals surface area contributed by atoms with Gasteiger partial charge >= 0.3 is 0 Å². The number of hydrogen-bond acceptors (Lipinski definition) is 4. The lowest BCUT2D eigenvalue weighted by Crippen LogP contribution is -2.41. The number of amides is 1. The topological polar surface area (TPSA) is 53.6 Å². The van der Waals surface area contributed by atoms with Gasteiger partial charge in [0.05, 0.1) is 19.8 Å². The van der Waals surface area contributed by atoms with Gasteiger partial charge in [-0.05, 0) is 30.2 Å². The molecule has 2 aliphatic rings. The van der Waals surface area contributed by atoms with E-state index in [0.717, 1.165) is 51.5 Å². The molecule has 2 aliphatic heterocycles. The molecular formula is C15H21N3O2. The fourth-order valence-electron chi connectivity index (χ4n) is 2.80. The Morgan fingerprint density at radius 3 is 3.05 bits per heavy atom. The van der Waals surface area contributed by atoms with Crippen LogP contribution in [0.4, 0.5) is 5.69 Å². The molecule has 0 atom stereocenters. The maximum absolute atomic E-state index is 12.2. The van der Waals surface area contributed by atoms with Crippen molar-refractivity contribution in [3.63, 3.8) is 0 Å². The lowest BCUT2D eigenvalue weighted by molar-refractivity contribution is -0.118. The highest BCUT2D eigenvalue weighted by Crippen LogP contribution is 2.23. The van der Waals surface area contributed by atoms with Crippen molar-refractivity contribution in [2.75, 3.05) is 44.7 Å². The summed E-state index contributed by atoms with van der Waals surface area (Å²) in [5.41, 5.74) is 3.55. The summed E-state index contributed by atoms with van der Waals surface area (Å²) in [6, 6.07) is 6.14. The summed E-state index contributed by atoms with van der Waals surface area (Å²) in [5, 5.41) is 6.42. The molecule has 0 aromatic heterocycles. The monoisotopic (exact) mass is 275 g/mol. The number of carbonyl (C=O) groups excluding carboxylic acids is 1. The molecule has 20 heavy (non-hydrogen) atoms. The van der Waals surface area contributed by atoms with Gasteiger partial charge in [0.15, 0.2) is 0 Å². The Balaban J connectivity index is 1.63. The van der Waals surface area contributed by atoms with Crippen molar-refractivity contribution in [3.8, 4) is 0 Å². The molecule has 0 bridgehead atoms. The molecule has 108 valence electrons. The lowest BCUT2D eigenvalue weighted by Gasteiger charge is -2.26. The van der Waals surface area contributed by atoms with Gasteiger partial charge in [-0.25, -0.2) is 0 Å². The van der Waals surface area contributed by atoms with Gasteiger partial charge in [-0.2, -0.15) is 0 Å². The Morgan fingerprint density at radius 1 is 1.35 bits per heavy atom. The molecule has 0 radical (unpaired) electrons. The van der Waals surface area contributed by atoms with E-state index in [1.54, 1.807) is 0 Å². The van der Waals surface area contributed by atoms with E-state index in [1.807, 2.05) is 12.1 Å². The molecule has 1 aromatic carbocycles. The second-order valence-corrected chi connectivity index (χ2v) is 5.31. The van der Waals surface area contributed by atoms with E-state index in [1.165, 1.54) is 11.1 Å². The van der Waals surface area contributed by atoms with Crippen molar-refractivity contribution in [2.24, 2.45) is 0 Å². The molecule has 3 rings (SSSR count). The van der Waals surface area contributed by atoms with E-state index in [0.29, 0.717) is 6.54 Å². The van der Waals surface area contributed by atoms with E-state index in [9.17, 15) is 4.79 Å². The number of fused-ring (bicyclic) bond motifs is 1. The molecular weight excluding hydrogens is 254 g/mol. The first-order chi connectivity index (χ1) is 9.83. The van der Waals surface area contributed by atoms with Crippen LogP contribution in [-0.4, -0.2) is 50.2 Å². The van der Waals surface area contributed by atoms with Gasteiger partial charge in [-0.15, -0.1) is 0 Å². The maximum Gasteiger partial charge on any atom is 0.238 e. The van der Waals surface area contributed by atoms with Crippen molar-refractivity contribution in [2.45, 2.75) is 13.0 Å². The highest BCUT2D eigenvalue weighted by Gasteiger charge is 2.17. The van der Waals surface area contributed by atoms with Gasteiger partial charge in [-0.1, -0.05) is 12.1 Å². The van der Waals surface area contributed by atoms with Crippen LogP contribution in [0, 0.1) is 0 Å². The molecule has 1 fully saturated rings. The van der Waals surface area contributed by atoms with Gasteiger partial charge < -0.3 is 15.4 Å². The van der Waals surface area contributed by atoms with Gasteiger partial charge in [-0.3, -0.25) is 9.69 Å². The summed E-state index contributed by atoms with van der Waals surface area (Å²) in [6.45, 7) is 5.44. The van der Waals surface area contributed by atoms with Crippen LogP contribution in [0.2, 0.25) is 0 Å². The third kappa shape index (κ3) is 3.17. The Labute approximate surface area is 119 Å². The maximum atomic E-state index is 12.2. The molecule has 0 spiro atoms. The van der Waals surface area contributed by atoms with Crippen molar-refractivity contribution in [1.82, 2.24) is 10.2 Å². The Kier molecular flexibility index (Phi) is 4.30. The molecule has 1 aromatic rings. The minimum absolute atomic E-state index is 0.0684. The van der Waals surface area contributed by atoms with E-state index in [4.69, 9.17) is 4.74 Å². The minimum atomic E-state index is 0.0684. The minimum Gasteiger partial charge on any atom is -0.379 e. The first kappa shape index (κ1) is 13.5. The number of hydrogen-bond donors (Lipinski definition) is 2. The predicted molar refractivity (Wildman–Crippen MR) is 77.7 cm³/mol. The van der Waals surface area contributed by atoms with Gasteiger partial charge in [0.2, 0.25) is 5.91 Å². The van der Waals surface area contributed by atoms with Crippen LogP contribution >= 0.6 is 0 Å². The van der Waals surface area contributed by atoms with Crippen LogP contribution in [0.5, 0.6) is 0 Å². The number of rotatable bonds is 3. The van der Waals surface area contributed by atoms with E-state index in [2.05, 4.69) is 21.6 Å². The fraction of sp³-hybridized carbons (Fsp3) is 0.533. The molecule has 0 aliphatic carbocycles. The summed E-state index contributed by atoms with van der Waals surface area (Å²) in [7, 11) is 0. The van der Waals surface area contributed by atoms with Crippen LogP contribution in [-0.2, 0) is 22.5 Å². The summed E-state index contributed by atoms with van der Waals surface area (Å²) in [6.07, 6.45) is 0.976.